The third-order valence-corrected chi connectivity index (χ3v) is 3.43. The van der Waals surface area contributed by atoms with Gasteiger partial charge in [0.25, 0.3) is 0 Å². The van der Waals surface area contributed by atoms with E-state index in [1.54, 1.807) is 47.6 Å². The van der Waals surface area contributed by atoms with Gasteiger partial charge in [0.1, 0.15) is 15.8 Å². The lowest BCUT2D eigenvalue weighted by molar-refractivity contribution is 0.0428. The Kier molecular flexibility index (Phi) is 5.99. The molecule has 0 aliphatic heterocycles. The van der Waals surface area contributed by atoms with Gasteiger partial charge in [-0.3, -0.25) is 0 Å². The lowest BCUT2D eigenvalue weighted by Crippen LogP contribution is -2.44. The zero-order valence-electron chi connectivity index (χ0n) is 16.3. The first-order valence-corrected chi connectivity index (χ1v) is 9.24. The van der Waals surface area contributed by atoms with Crippen molar-refractivity contribution in [3.05, 3.63) is 41.0 Å². The fourth-order valence-corrected chi connectivity index (χ4v) is 2.50. The average Bonchev–Trinajstić information content (AvgIpc) is 2.86. The van der Waals surface area contributed by atoms with Crippen LogP contribution in [0.4, 0.5) is 15.4 Å². The van der Waals surface area contributed by atoms with Gasteiger partial charge in [0.2, 0.25) is 0 Å². The molecule has 0 N–H and O–H groups in total. The van der Waals surface area contributed by atoms with Crippen molar-refractivity contribution in [3.8, 4) is 5.69 Å². The molecule has 0 saturated carbocycles. The number of anilines is 1. The van der Waals surface area contributed by atoms with Crippen LogP contribution in [0.2, 0.25) is 0 Å². The maximum atomic E-state index is 12.8. The predicted octanol–water partition coefficient (Wildman–Crippen LogP) is 5.31. The van der Waals surface area contributed by atoms with Gasteiger partial charge < -0.3 is 9.47 Å². The third kappa shape index (κ3) is 5.82. The number of amides is 2. The lowest BCUT2D eigenvalue weighted by Gasteiger charge is -2.28. The molecule has 1 aromatic carbocycles. The van der Waals surface area contributed by atoms with Crippen LogP contribution in [0.1, 0.15) is 41.5 Å². The minimum Gasteiger partial charge on any atom is -0.443 e. The summed E-state index contributed by atoms with van der Waals surface area (Å²) in [5.74, 6) is 0.205. The Morgan fingerprint density at radius 3 is 1.89 bits per heavy atom. The fourth-order valence-electron chi connectivity index (χ4n) is 2.14. The Labute approximate surface area is 167 Å². The molecular weight excluding hydrogens is 414 g/mol. The van der Waals surface area contributed by atoms with Gasteiger partial charge in [-0.05, 0) is 69.6 Å². The molecule has 0 atom stereocenters. The Morgan fingerprint density at radius 2 is 1.44 bits per heavy atom. The van der Waals surface area contributed by atoms with Gasteiger partial charge in [0.15, 0.2) is 5.82 Å². The third-order valence-electron chi connectivity index (χ3n) is 3.04. The van der Waals surface area contributed by atoms with E-state index in [0.29, 0.717) is 10.3 Å². The maximum absolute atomic E-state index is 12.8. The van der Waals surface area contributed by atoms with Gasteiger partial charge in [-0.1, -0.05) is 18.2 Å². The number of hydrogen-bond donors (Lipinski definition) is 0. The molecule has 0 radical (unpaired) electrons. The van der Waals surface area contributed by atoms with E-state index in [1.807, 2.05) is 30.3 Å². The topological polar surface area (TPSA) is 73.7 Å². The molecular formula is C19H24BrN3O4. The molecule has 0 unspecified atom stereocenters. The summed E-state index contributed by atoms with van der Waals surface area (Å²) >= 11 is 3.31. The van der Waals surface area contributed by atoms with E-state index >= 15 is 0 Å². The summed E-state index contributed by atoms with van der Waals surface area (Å²) in [7, 11) is 0. The van der Waals surface area contributed by atoms with Gasteiger partial charge in [-0.25, -0.2) is 14.3 Å². The van der Waals surface area contributed by atoms with Crippen molar-refractivity contribution in [1.29, 1.82) is 0 Å². The average molecular weight is 438 g/mol. The van der Waals surface area contributed by atoms with E-state index < -0.39 is 23.4 Å². The molecule has 1 heterocycles. The first-order chi connectivity index (χ1) is 12.4. The largest absolute Gasteiger partial charge is 0.443 e. The first-order valence-electron chi connectivity index (χ1n) is 8.44. The number of para-hydroxylation sites is 1. The van der Waals surface area contributed by atoms with Gasteiger partial charge in [-0.2, -0.15) is 10.00 Å². The van der Waals surface area contributed by atoms with E-state index in [-0.39, 0.29) is 5.82 Å². The number of benzene rings is 1. The molecule has 146 valence electrons. The van der Waals surface area contributed by atoms with Crippen molar-refractivity contribution in [1.82, 2.24) is 9.78 Å². The van der Waals surface area contributed by atoms with Crippen LogP contribution in [0.3, 0.4) is 0 Å². The monoisotopic (exact) mass is 437 g/mol. The Morgan fingerprint density at radius 1 is 0.963 bits per heavy atom. The van der Waals surface area contributed by atoms with E-state index in [4.69, 9.17) is 9.47 Å². The number of rotatable bonds is 2. The molecule has 0 aliphatic carbocycles. The van der Waals surface area contributed by atoms with Gasteiger partial charge in [-0.15, -0.1) is 0 Å². The maximum Gasteiger partial charge on any atom is 0.425 e. The molecule has 2 amide bonds. The normalized spacial score (nSPS) is 11.8. The van der Waals surface area contributed by atoms with Crippen molar-refractivity contribution in [3.63, 3.8) is 0 Å². The Hall–Kier alpha value is -2.35. The second-order valence-electron chi connectivity index (χ2n) is 7.87. The minimum atomic E-state index is -0.846. The summed E-state index contributed by atoms with van der Waals surface area (Å²) in [5.41, 5.74) is -0.895. The quantitative estimate of drug-likeness (QED) is 0.635. The molecule has 0 bridgehead atoms. The number of ether oxygens (including phenoxy) is 2. The van der Waals surface area contributed by atoms with Crippen LogP contribution < -0.4 is 4.90 Å². The molecule has 7 nitrogen and oxygen atoms in total. The number of carbonyl (C=O) groups is 2. The SMILES string of the molecule is CC(C)(C)OC(=O)N(C(=O)OC(C)(C)C)c1cc(Br)nn1-c1ccccc1. The number of carbonyl (C=O) groups excluding carboxylic acids is 2. The molecule has 8 heteroatoms. The zero-order chi connectivity index (χ0) is 20.4. The molecule has 0 spiro atoms. The van der Waals surface area contributed by atoms with Crippen LogP contribution in [-0.4, -0.2) is 33.2 Å². The molecule has 0 aliphatic rings. The molecule has 0 fully saturated rings. The van der Waals surface area contributed by atoms with Crippen LogP contribution in [0.5, 0.6) is 0 Å². The van der Waals surface area contributed by atoms with Crippen LogP contribution in [0.25, 0.3) is 5.69 Å². The highest BCUT2D eigenvalue weighted by molar-refractivity contribution is 9.10. The molecule has 2 rings (SSSR count). The highest BCUT2D eigenvalue weighted by Gasteiger charge is 2.35. The van der Waals surface area contributed by atoms with Crippen LogP contribution in [-0.2, 0) is 9.47 Å². The molecule has 2 aromatic rings. The highest BCUT2D eigenvalue weighted by atomic mass is 79.9. The van der Waals surface area contributed by atoms with Gasteiger partial charge in [0, 0.05) is 6.07 Å². The van der Waals surface area contributed by atoms with Crippen molar-refractivity contribution >= 4 is 33.9 Å². The summed E-state index contributed by atoms with van der Waals surface area (Å²) in [6.45, 7) is 10.3. The zero-order valence-corrected chi connectivity index (χ0v) is 17.9. The molecule has 27 heavy (non-hydrogen) atoms. The van der Waals surface area contributed by atoms with Crippen LogP contribution in [0.15, 0.2) is 41.0 Å². The van der Waals surface area contributed by atoms with E-state index in [0.717, 1.165) is 4.90 Å². The van der Waals surface area contributed by atoms with E-state index in [1.165, 1.54) is 4.68 Å². The summed E-state index contributed by atoms with van der Waals surface area (Å²) in [6.07, 6.45) is -1.69. The van der Waals surface area contributed by atoms with Crippen molar-refractivity contribution in [2.75, 3.05) is 4.90 Å². The minimum absolute atomic E-state index is 0.205. The van der Waals surface area contributed by atoms with Crippen molar-refractivity contribution in [2.24, 2.45) is 0 Å². The first kappa shape index (κ1) is 21.0. The summed E-state index contributed by atoms with van der Waals surface area (Å²) in [6, 6.07) is 10.7. The Balaban J connectivity index is 2.54. The van der Waals surface area contributed by atoms with Gasteiger partial charge in [0.05, 0.1) is 5.69 Å². The highest BCUT2D eigenvalue weighted by Crippen LogP contribution is 2.27. The Bertz CT molecular complexity index is 792. The number of hydrogen-bond acceptors (Lipinski definition) is 5. The predicted molar refractivity (Wildman–Crippen MR) is 106 cm³/mol. The summed E-state index contributed by atoms with van der Waals surface area (Å²) in [4.78, 5) is 26.5. The number of nitrogens with zero attached hydrogens (tertiary/aromatic N) is 3. The molecule has 0 saturated heterocycles. The van der Waals surface area contributed by atoms with Gasteiger partial charge >= 0.3 is 12.2 Å². The fraction of sp³-hybridized carbons (Fsp3) is 0.421. The van der Waals surface area contributed by atoms with Crippen molar-refractivity contribution in [2.45, 2.75) is 52.7 Å². The van der Waals surface area contributed by atoms with Crippen molar-refractivity contribution < 1.29 is 19.1 Å². The van der Waals surface area contributed by atoms with Crippen LogP contribution in [0, 0.1) is 0 Å². The number of halogens is 1. The number of aromatic nitrogens is 2. The smallest absolute Gasteiger partial charge is 0.425 e. The van der Waals surface area contributed by atoms with Crippen LogP contribution >= 0.6 is 15.9 Å². The van der Waals surface area contributed by atoms with E-state index in [2.05, 4.69) is 21.0 Å². The second kappa shape index (κ2) is 7.72. The van der Waals surface area contributed by atoms with E-state index in [9.17, 15) is 9.59 Å². The second-order valence-corrected chi connectivity index (χ2v) is 8.68. The summed E-state index contributed by atoms with van der Waals surface area (Å²) in [5, 5.41) is 4.34. The lowest BCUT2D eigenvalue weighted by atomic mass is 10.2. The number of imide groups is 1. The standard InChI is InChI=1S/C19H24BrN3O4/c1-18(2,3)26-16(24)22(17(25)27-19(4,5)6)15-12-14(20)21-23(15)13-10-8-7-9-11-13/h7-12H,1-6H3. The summed E-state index contributed by atoms with van der Waals surface area (Å²) < 4.78 is 12.8. The molecule has 1 aromatic heterocycles.